The van der Waals surface area contributed by atoms with Crippen molar-refractivity contribution in [3.8, 4) is 0 Å². The maximum Gasteiger partial charge on any atom is 0.328 e. The van der Waals surface area contributed by atoms with Crippen LogP contribution in [-0.4, -0.2) is 34.6 Å². The predicted molar refractivity (Wildman–Crippen MR) is 65.6 cm³/mol. The second-order valence-corrected chi connectivity index (χ2v) is 3.64. The van der Waals surface area contributed by atoms with Crippen molar-refractivity contribution in [3.05, 3.63) is 33.1 Å². The predicted octanol–water partition coefficient (Wildman–Crippen LogP) is -1.39. The summed E-state index contributed by atoms with van der Waals surface area (Å²) in [5.74, 6) is -0.831. The zero-order chi connectivity index (χ0) is 14.3. The number of carbonyl (C=O) groups is 2. The smallest absolute Gasteiger partial charge is 0.328 e. The number of amides is 1. The molecule has 1 amide bonds. The number of nitrogens with zero attached hydrogens (tertiary/aromatic N) is 1. The van der Waals surface area contributed by atoms with Crippen molar-refractivity contribution in [2.75, 3.05) is 13.2 Å². The summed E-state index contributed by atoms with van der Waals surface area (Å²) in [6, 6.07) is 1.15. The molecule has 8 heteroatoms. The van der Waals surface area contributed by atoms with Crippen LogP contribution in [0.25, 0.3) is 0 Å². The molecule has 0 spiro atoms. The quantitative estimate of drug-likeness (QED) is 0.617. The standard InChI is InChI=1S/C11H15N3O5/c1-2-19-10(17)3-5-12-9(16)7-14-6-4-8(15)13-11(14)18/h4,6H,2-3,5,7H2,1H3,(H,12,16)(H,13,15,18). The van der Waals surface area contributed by atoms with E-state index in [2.05, 4.69) is 10.1 Å². The fourth-order valence-corrected chi connectivity index (χ4v) is 1.32. The molecule has 0 aliphatic heterocycles. The van der Waals surface area contributed by atoms with Crippen molar-refractivity contribution >= 4 is 11.9 Å². The van der Waals surface area contributed by atoms with Crippen LogP contribution in [-0.2, 0) is 20.9 Å². The zero-order valence-corrected chi connectivity index (χ0v) is 10.5. The van der Waals surface area contributed by atoms with Gasteiger partial charge in [-0.05, 0) is 6.92 Å². The highest BCUT2D eigenvalue weighted by molar-refractivity contribution is 5.76. The van der Waals surface area contributed by atoms with Crippen molar-refractivity contribution in [1.82, 2.24) is 14.9 Å². The average molecular weight is 269 g/mol. The monoisotopic (exact) mass is 269 g/mol. The van der Waals surface area contributed by atoms with E-state index in [1.807, 2.05) is 4.98 Å². The van der Waals surface area contributed by atoms with Crippen molar-refractivity contribution in [2.45, 2.75) is 19.9 Å². The van der Waals surface area contributed by atoms with Gasteiger partial charge in [0.05, 0.1) is 13.0 Å². The van der Waals surface area contributed by atoms with E-state index in [9.17, 15) is 19.2 Å². The molecule has 0 aliphatic rings. The molecule has 2 N–H and O–H groups in total. The fourth-order valence-electron chi connectivity index (χ4n) is 1.32. The molecule has 1 aromatic rings. The minimum absolute atomic E-state index is 0.0695. The third-order valence-electron chi connectivity index (χ3n) is 2.17. The fraction of sp³-hybridized carbons (Fsp3) is 0.455. The summed E-state index contributed by atoms with van der Waals surface area (Å²) in [5, 5.41) is 2.47. The van der Waals surface area contributed by atoms with Crippen LogP contribution in [0.5, 0.6) is 0 Å². The van der Waals surface area contributed by atoms with Gasteiger partial charge in [-0.2, -0.15) is 0 Å². The van der Waals surface area contributed by atoms with Crippen LogP contribution in [0.3, 0.4) is 0 Å². The van der Waals surface area contributed by atoms with E-state index >= 15 is 0 Å². The molecule has 0 radical (unpaired) electrons. The van der Waals surface area contributed by atoms with Crippen molar-refractivity contribution in [1.29, 1.82) is 0 Å². The maximum atomic E-state index is 11.5. The molecule has 0 fully saturated rings. The Hall–Kier alpha value is -2.38. The molecule has 1 heterocycles. The molecule has 0 atom stereocenters. The Bertz CT molecular complexity index is 560. The van der Waals surface area contributed by atoms with Crippen molar-refractivity contribution in [3.63, 3.8) is 0 Å². The molecule has 0 aromatic carbocycles. The number of rotatable bonds is 6. The van der Waals surface area contributed by atoms with Crippen LogP contribution in [0.1, 0.15) is 13.3 Å². The summed E-state index contributed by atoms with van der Waals surface area (Å²) in [4.78, 5) is 46.6. The van der Waals surface area contributed by atoms with Crippen LogP contribution >= 0.6 is 0 Å². The third-order valence-corrected chi connectivity index (χ3v) is 2.17. The summed E-state index contributed by atoms with van der Waals surface area (Å²) in [5.41, 5.74) is -1.18. The minimum atomic E-state index is -0.659. The third kappa shape index (κ3) is 5.19. The molecule has 104 valence electrons. The Kier molecular flexibility index (Phi) is 5.52. The van der Waals surface area contributed by atoms with Gasteiger partial charge < -0.3 is 10.1 Å². The van der Waals surface area contributed by atoms with E-state index in [0.717, 1.165) is 10.6 Å². The highest BCUT2D eigenvalue weighted by Crippen LogP contribution is 1.85. The summed E-state index contributed by atoms with van der Waals surface area (Å²) in [6.07, 6.45) is 1.30. The van der Waals surface area contributed by atoms with E-state index in [4.69, 9.17) is 0 Å². The Morgan fingerprint density at radius 1 is 1.42 bits per heavy atom. The van der Waals surface area contributed by atoms with Gasteiger partial charge >= 0.3 is 11.7 Å². The minimum Gasteiger partial charge on any atom is -0.466 e. The molecular weight excluding hydrogens is 254 g/mol. The summed E-state index contributed by atoms with van der Waals surface area (Å²) >= 11 is 0. The van der Waals surface area contributed by atoms with Gasteiger partial charge in [0, 0.05) is 18.8 Å². The lowest BCUT2D eigenvalue weighted by Crippen LogP contribution is -2.36. The highest BCUT2D eigenvalue weighted by atomic mass is 16.5. The van der Waals surface area contributed by atoms with Gasteiger partial charge in [-0.15, -0.1) is 0 Å². The molecule has 0 unspecified atom stereocenters. The lowest BCUT2D eigenvalue weighted by molar-refractivity contribution is -0.143. The van der Waals surface area contributed by atoms with Gasteiger partial charge in [-0.3, -0.25) is 23.9 Å². The zero-order valence-electron chi connectivity index (χ0n) is 10.5. The molecule has 1 aromatic heterocycles. The molecule has 8 nitrogen and oxygen atoms in total. The van der Waals surface area contributed by atoms with E-state index < -0.39 is 23.1 Å². The van der Waals surface area contributed by atoms with Gasteiger partial charge in [0.15, 0.2) is 0 Å². The van der Waals surface area contributed by atoms with Gasteiger partial charge in [0.25, 0.3) is 5.56 Å². The first-order valence-electron chi connectivity index (χ1n) is 5.75. The number of nitrogens with one attached hydrogen (secondary N) is 2. The van der Waals surface area contributed by atoms with E-state index in [0.29, 0.717) is 6.61 Å². The van der Waals surface area contributed by atoms with Crippen LogP contribution in [0, 0.1) is 0 Å². The summed E-state index contributed by atoms with van der Waals surface area (Å²) in [7, 11) is 0. The molecule has 0 saturated carbocycles. The maximum absolute atomic E-state index is 11.5. The first-order valence-corrected chi connectivity index (χ1v) is 5.75. The molecule has 0 aliphatic carbocycles. The first-order chi connectivity index (χ1) is 9.02. The number of aromatic amines is 1. The summed E-state index contributed by atoms with van der Waals surface area (Å²) < 4.78 is 5.75. The van der Waals surface area contributed by atoms with Crippen molar-refractivity contribution in [2.24, 2.45) is 0 Å². The number of ether oxygens (including phenoxy) is 1. The average Bonchev–Trinajstić information content (AvgIpc) is 2.33. The van der Waals surface area contributed by atoms with Gasteiger partial charge in [0.1, 0.15) is 6.54 Å². The number of aromatic nitrogens is 2. The number of hydrogen-bond donors (Lipinski definition) is 2. The topological polar surface area (TPSA) is 110 Å². The summed E-state index contributed by atoms with van der Waals surface area (Å²) in [6.45, 7) is 1.90. The van der Waals surface area contributed by atoms with Crippen LogP contribution in [0.4, 0.5) is 0 Å². The van der Waals surface area contributed by atoms with Crippen LogP contribution in [0.15, 0.2) is 21.9 Å². The second kappa shape index (κ2) is 7.14. The van der Waals surface area contributed by atoms with Crippen LogP contribution in [0.2, 0.25) is 0 Å². The lowest BCUT2D eigenvalue weighted by Gasteiger charge is -2.06. The number of esters is 1. The van der Waals surface area contributed by atoms with Gasteiger partial charge in [0.2, 0.25) is 5.91 Å². The normalized spacial score (nSPS) is 9.95. The van der Waals surface area contributed by atoms with Crippen LogP contribution < -0.4 is 16.6 Å². The molecular formula is C11H15N3O5. The van der Waals surface area contributed by atoms with E-state index in [1.165, 1.54) is 6.20 Å². The first kappa shape index (κ1) is 14.7. The van der Waals surface area contributed by atoms with Gasteiger partial charge in [-0.1, -0.05) is 0 Å². The Balaban J connectivity index is 2.41. The van der Waals surface area contributed by atoms with Crippen molar-refractivity contribution < 1.29 is 14.3 Å². The Labute approximate surface area is 108 Å². The molecule has 0 bridgehead atoms. The number of hydrogen-bond acceptors (Lipinski definition) is 5. The largest absolute Gasteiger partial charge is 0.466 e. The highest BCUT2D eigenvalue weighted by Gasteiger charge is 2.06. The van der Waals surface area contributed by atoms with E-state index in [-0.39, 0.29) is 19.5 Å². The van der Waals surface area contributed by atoms with E-state index in [1.54, 1.807) is 6.92 Å². The lowest BCUT2D eigenvalue weighted by atomic mass is 10.4. The second-order valence-electron chi connectivity index (χ2n) is 3.64. The van der Waals surface area contributed by atoms with Gasteiger partial charge in [-0.25, -0.2) is 4.79 Å². The Morgan fingerprint density at radius 2 is 2.16 bits per heavy atom. The Morgan fingerprint density at radius 3 is 2.79 bits per heavy atom. The number of H-pyrrole nitrogens is 1. The SMILES string of the molecule is CCOC(=O)CCNC(=O)Cn1ccc(=O)[nH]c1=O. The molecule has 1 rings (SSSR count). The molecule has 19 heavy (non-hydrogen) atoms. The molecule has 0 saturated heterocycles. The number of carbonyl (C=O) groups excluding carboxylic acids is 2.